The topological polar surface area (TPSA) is 55.4 Å². The number of rotatable bonds is 5. The summed E-state index contributed by atoms with van der Waals surface area (Å²) in [7, 11) is 1.30. The number of methoxy groups -OCH3 is 1. The molecule has 0 radical (unpaired) electrons. The van der Waals surface area contributed by atoms with E-state index < -0.39 is 11.5 Å². The van der Waals surface area contributed by atoms with Crippen LogP contribution in [0.4, 0.5) is 4.39 Å². The molecule has 20 heavy (non-hydrogen) atoms. The summed E-state index contributed by atoms with van der Waals surface area (Å²) >= 11 is 3.32. The van der Waals surface area contributed by atoms with E-state index in [1.54, 1.807) is 6.07 Å². The first-order valence-electron chi connectivity index (χ1n) is 6.30. The van der Waals surface area contributed by atoms with Crippen LogP contribution in [0.5, 0.6) is 0 Å². The quantitative estimate of drug-likeness (QED) is 0.835. The molecule has 1 aliphatic carbocycles. The molecule has 0 aliphatic heterocycles. The van der Waals surface area contributed by atoms with Crippen molar-refractivity contribution in [3.05, 3.63) is 34.1 Å². The van der Waals surface area contributed by atoms with Crippen molar-refractivity contribution in [1.29, 1.82) is 0 Å². The normalized spacial score (nSPS) is 15.6. The fourth-order valence-corrected chi connectivity index (χ4v) is 2.46. The minimum Gasteiger partial charge on any atom is -0.467 e. The lowest BCUT2D eigenvalue weighted by Crippen LogP contribution is -2.43. The minimum atomic E-state index is -0.828. The summed E-state index contributed by atoms with van der Waals surface area (Å²) in [5.74, 6) is -0.973. The van der Waals surface area contributed by atoms with E-state index in [1.807, 2.05) is 0 Å². The zero-order valence-corrected chi connectivity index (χ0v) is 12.6. The van der Waals surface area contributed by atoms with Gasteiger partial charge in [-0.2, -0.15) is 0 Å². The van der Waals surface area contributed by atoms with Gasteiger partial charge in [-0.25, -0.2) is 9.18 Å². The van der Waals surface area contributed by atoms with Crippen LogP contribution in [-0.4, -0.2) is 24.5 Å². The number of benzene rings is 1. The molecule has 0 aromatic heterocycles. The minimum absolute atomic E-state index is 0.195. The summed E-state index contributed by atoms with van der Waals surface area (Å²) < 4.78 is 18.6. The molecule has 1 saturated carbocycles. The fraction of sp³-hybridized carbons (Fsp3) is 0.429. The van der Waals surface area contributed by atoms with Crippen LogP contribution >= 0.6 is 15.9 Å². The molecule has 0 unspecified atom stereocenters. The monoisotopic (exact) mass is 343 g/mol. The molecule has 4 nitrogen and oxygen atoms in total. The van der Waals surface area contributed by atoms with Gasteiger partial charge in [0.15, 0.2) is 0 Å². The molecule has 1 aromatic carbocycles. The number of aryl methyl sites for hydroxylation is 1. The highest BCUT2D eigenvalue weighted by Crippen LogP contribution is 2.36. The van der Waals surface area contributed by atoms with Gasteiger partial charge in [0.05, 0.1) is 7.11 Å². The lowest BCUT2D eigenvalue weighted by Gasteiger charge is -2.14. The van der Waals surface area contributed by atoms with E-state index in [2.05, 4.69) is 26.0 Å². The smallest absolute Gasteiger partial charge is 0.331 e. The van der Waals surface area contributed by atoms with E-state index in [0.717, 1.165) is 10.0 Å². The van der Waals surface area contributed by atoms with Crippen LogP contribution in [-0.2, 0) is 20.7 Å². The molecule has 0 saturated heterocycles. The first-order valence-corrected chi connectivity index (χ1v) is 7.09. The largest absolute Gasteiger partial charge is 0.467 e. The second kappa shape index (κ2) is 5.91. The van der Waals surface area contributed by atoms with Crippen LogP contribution < -0.4 is 5.32 Å². The Labute approximate surface area is 124 Å². The number of carbonyl (C=O) groups excluding carboxylic acids is 2. The van der Waals surface area contributed by atoms with E-state index in [1.165, 1.54) is 19.2 Å². The molecule has 2 rings (SSSR count). The SMILES string of the molecule is COC(=O)C1(NC(=O)CCc2cc(F)ccc2Br)CC1. The molecule has 0 atom stereocenters. The molecule has 1 aliphatic rings. The highest BCUT2D eigenvalue weighted by atomic mass is 79.9. The van der Waals surface area contributed by atoms with Gasteiger partial charge in [0.1, 0.15) is 11.4 Å². The van der Waals surface area contributed by atoms with Gasteiger partial charge in [-0.15, -0.1) is 0 Å². The Balaban J connectivity index is 1.90. The Hall–Kier alpha value is -1.43. The number of nitrogens with one attached hydrogen (secondary N) is 1. The molecule has 6 heteroatoms. The zero-order chi connectivity index (χ0) is 14.8. The van der Waals surface area contributed by atoms with Crippen molar-refractivity contribution in [1.82, 2.24) is 5.32 Å². The van der Waals surface area contributed by atoms with Crippen LogP contribution in [0, 0.1) is 5.82 Å². The highest BCUT2D eigenvalue weighted by molar-refractivity contribution is 9.10. The van der Waals surface area contributed by atoms with Crippen LogP contribution in [0.15, 0.2) is 22.7 Å². The molecule has 1 fully saturated rings. The number of ether oxygens (including phenoxy) is 1. The van der Waals surface area contributed by atoms with Gasteiger partial charge in [0.2, 0.25) is 5.91 Å². The van der Waals surface area contributed by atoms with Crippen molar-refractivity contribution in [3.63, 3.8) is 0 Å². The maximum absolute atomic E-state index is 13.1. The highest BCUT2D eigenvalue weighted by Gasteiger charge is 2.52. The summed E-state index contributed by atoms with van der Waals surface area (Å²) in [6.07, 6.45) is 1.81. The maximum atomic E-state index is 13.1. The number of hydrogen-bond donors (Lipinski definition) is 1. The Morgan fingerprint density at radius 3 is 2.75 bits per heavy atom. The van der Waals surface area contributed by atoms with E-state index in [4.69, 9.17) is 0 Å². The third-order valence-electron chi connectivity index (χ3n) is 3.33. The van der Waals surface area contributed by atoms with E-state index >= 15 is 0 Å². The summed E-state index contributed by atoms with van der Waals surface area (Å²) in [6, 6.07) is 4.36. The lowest BCUT2D eigenvalue weighted by molar-refractivity contribution is -0.146. The summed E-state index contributed by atoms with van der Waals surface area (Å²) in [6.45, 7) is 0. The fourth-order valence-electron chi connectivity index (χ4n) is 2.01. The van der Waals surface area contributed by atoms with Crippen LogP contribution in [0.2, 0.25) is 0 Å². The average Bonchev–Trinajstić information content (AvgIpc) is 3.19. The van der Waals surface area contributed by atoms with Crippen molar-refractivity contribution in [3.8, 4) is 0 Å². The average molecular weight is 344 g/mol. The number of carbonyl (C=O) groups is 2. The van der Waals surface area contributed by atoms with Gasteiger partial charge in [0, 0.05) is 10.9 Å². The predicted molar refractivity (Wildman–Crippen MR) is 74.5 cm³/mol. The second-order valence-electron chi connectivity index (χ2n) is 4.86. The van der Waals surface area contributed by atoms with Crippen molar-refractivity contribution in [2.45, 2.75) is 31.2 Å². The van der Waals surface area contributed by atoms with Crippen LogP contribution in [0.1, 0.15) is 24.8 Å². The van der Waals surface area contributed by atoms with Crippen molar-refractivity contribution in [2.75, 3.05) is 7.11 Å². The van der Waals surface area contributed by atoms with E-state index in [9.17, 15) is 14.0 Å². The molecular weight excluding hydrogens is 329 g/mol. The molecule has 1 N–H and O–H groups in total. The number of amides is 1. The standard InChI is InChI=1S/C14H15BrFNO3/c1-20-13(19)14(6-7-14)17-12(18)5-2-9-8-10(16)3-4-11(9)15/h3-4,8H,2,5-7H2,1H3,(H,17,18). The molecule has 0 heterocycles. The predicted octanol–water partition coefficient (Wildman–Crippen LogP) is 2.34. The first-order chi connectivity index (χ1) is 9.47. The third kappa shape index (κ3) is 3.36. The van der Waals surface area contributed by atoms with Gasteiger partial charge in [-0.05, 0) is 43.0 Å². The Morgan fingerprint density at radius 1 is 1.45 bits per heavy atom. The molecule has 1 amide bonds. The van der Waals surface area contributed by atoms with E-state index in [0.29, 0.717) is 19.3 Å². The summed E-state index contributed by atoms with van der Waals surface area (Å²) in [5, 5.41) is 2.70. The van der Waals surface area contributed by atoms with E-state index in [-0.39, 0.29) is 18.1 Å². The first kappa shape index (κ1) is 15.0. The van der Waals surface area contributed by atoms with Crippen LogP contribution in [0.25, 0.3) is 0 Å². The molecular formula is C14H15BrFNO3. The van der Waals surface area contributed by atoms with Gasteiger partial charge >= 0.3 is 5.97 Å². The molecule has 0 bridgehead atoms. The number of halogens is 2. The van der Waals surface area contributed by atoms with Gasteiger partial charge in [-0.1, -0.05) is 15.9 Å². The summed E-state index contributed by atoms with van der Waals surface area (Å²) in [4.78, 5) is 23.4. The van der Waals surface area contributed by atoms with Crippen molar-refractivity contribution in [2.24, 2.45) is 0 Å². The van der Waals surface area contributed by atoms with Crippen molar-refractivity contribution < 1.29 is 18.7 Å². The zero-order valence-electron chi connectivity index (χ0n) is 11.0. The summed E-state index contributed by atoms with van der Waals surface area (Å²) in [5.41, 5.74) is -0.103. The molecule has 1 aromatic rings. The second-order valence-corrected chi connectivity index (χ2v) is 5.71. The Bertz CT molecular complexity index is 543. The van der Waals surface area contributed by atoms with Crippen LogP contribution in [0.3, 0.4) is 0 Å². The number of esters is 1. The lowest BCUT2D eigenvalue weighted by atomic mass is 10.1. The van der Waals surface area contributed by atoms with Gasteiger partial charge in [-0.3, -0.25) is 4.79 Å². The third-order valence-corrected chi connectivity index (χ3v) is 4.11. The number of hydrogen-bond acceptors (Lipinski definition) is 3. The molecule has 108 valence electrons. The Morgan fingerprint density at radius 2 is 2.15 bits per heavy atom. The van der Waals surface area contributed by atoms with Gasteiger partial charge < -0.3 is 10.1 Å². The maximum Gasteiger partial charge on any atom is 0.331 e. The van der Waals surface area contributed by atoms with Crippen molar-refractivity contribution >= 4 is 27.8 Å². The Kier molecular flexibility index (Phi) is 4.42. The molecule has 0 spiro atoms. The van der Waals surface area contributed by atoms with Gasteiger partial charge in [0.25, 0.3) is 0 Å².